The number of nitrogens with zero attached hydrogens (tertiary/aromatic N) is 1. The van der Waals surface area contributed by atoms with Crippen molar-refractivity contribution < 1.29 is 4.79 Å². The van der Waals surface area contributed by atoms with Crippen LogP contribution in [0.5, 0.6) is 0 Å². The molecule has 1 N–H and O–H groups in total. The predicted octanol–water partition coefficient (Wildman–Crippen LogP) is 1.85. The average molecular weight is 247 g/mol. The Bertz CT molecular complexity index is 225. The molecule has 2 atom stereocenters. The molecule has 0 bridgehead atoms. The number of alkyl halides is 1. The van der Waals surface area contributed by atoms with Crippen LogP contribution in [0, 0.1) is 5.92 Å². The van der Waals surface area contributed by atoms with Crippen LogP contribution in [0.15, 0.2) is 0 Å². The van der Waals surface area contributed by atoms with Crippen LogP contribution in [0.25, 0.3) is 0 Å². The van der Waals surface area contributed by atoms with Crippen molar-refractivity contribution in [2.45, 2.75) is 45.0 Å². The van der Waals surface area contributed by atoms with Crippen LogP contribution in [-0.4, -0.2) is 41.9 Å². The summed E-state index contributed by atoms with van der Waals surface area (Å²) >= 11 is 5.73. The first-order valence-electron chi connectivity index (χ1n) is 6.18. The Morgan fingerprint density at radius 1 is 1.31 bits per heavy atom. The highest BCUT2D eigenvalue weighted by molar-refractivity contribution is 6.30. The van der Waals surface area contributed by atoms with E-state index < -0.39 is 5.38 Å². The molecule has 16 heavy (non-hydrogen) atoms. The molecular formula is C12H23ClN2O. The molecule has 3 nitrogen and oxygen atoms in total. The predicted molar refractivity (Wildman–Crippen MR) is 67.8 cm³/mol. The molecule has 0 spiro atoms. The lowest BCUT2D eigenvalue weighted by Crippen LogP contribution is -2.46. The fraction of sp³-hybridized carbons (Fsp3) is 0.917. The number of halogens is 1. The van der Waals surface area contributed by atoms with Crippen LogP contribution in [-0.2, 0) is 4.79 Å². The van der Waals surface area contributed by atoms with E-state index in [-0.39, 0.29) is 5.91 Å². The second-order valence-electron chi connectivity index (χ2n) is 4.92. The standard InChI is InChI=1S/C12H23ClN2O/c1-9(2)11(15-6-4-5-7-15)8-14-12(16)10(3)13/h9-11H,4-8H2,1-3H3,(H,14,16). The Hall–Kier alpha value is -0.280. The van der Waals surface area contributed by atoms with Crippen molar-refractivity contribution in [3.63, 3.8) is 0 Å². The van der Waals surface area contributed by atoms with E-state index in [9.17, 15) is 4.79 Å². The van der Waals surface area contributed by atoms with E-state index in [1.165, 1.54) is 12.8 Å². The van der Waals surface area contributed by atoms with Gasteiger partial charge in [-0.25, -0.2) is 0 Å². The Kier molecular flexibility index (Phi) is 5.56. The van der Waals surface area contributed by atoms with E-state index in [1.807, 2.05) is 0 Å². The zero-order valence-corrected chi connectivity index (χ0v) is 11.3. The number of likely N-dealkylation sites (tertiary alicyclic amines) is 1. The van der Waals surface area contributed by atoms with Gasteiger partial charge in [0.05, 0.1) is 0 Å². The van der Waals surface area contributed by atoms with Crippen LogP contribution < -0.4 is 5.32 Å². The molecule has 0 radical (unpaired) electrons. The van der Waals surface area contributed by atoms with Crippen LogP contribution in [0.4, 0.5) is 0 Å². The van der Waals surface area contributed by atoms with Crippen molar-refractivity contribution in [1.29, 1.82) is 0 Å². The van der Waals surface area contributed by atoms with Crippen molar-refractivity contribution in [2.24, 2.45) is 5.92 Å². The number of carbonyl (C=O) groups is 1. The summed E-state index contributed by atoms with van der Waals surface area (Å²) in [5.74, 6) is 0.496. The summed E-state index contributed by atoms with van der Waals surface area (Å²) in [6.45, 7) is 9.16. The summed E-state index contributed by atoms with van der Waals surface area (Å²) in [4.78, 5) is 13.9. The quantitative estimate of drug-likeness (QED) is 0.751. The molecule has 0 saturated carbocycles. The summed E-state index contributed by atoms with van der Waals surface area (Å²) in [5.41, 5.74) is 0. The topological polar surface area (TPSA) is 32.3 Å². The zero-order chi connectivity index (χ0) is 12.1. The fourth-order valence-electron chi connectivity index (χ4n) is 2.21. The van der Waals surface area contributed by atoms with Gasteiger partial charge in [-0.15, -0.1) is 11.6 Å². The van der Waals surface area contributed by atoms with Gasteiger partial charge in [-0.2, -0.15) is 0 Å². The Morgan fingerprint density at radius 3 is 2.31 bits per heavy atom. The smallest absolute Gasteiger partial charge is 0.237 e. The number of rotatable bonds is 5. The summed E-state index contributed by atoms with van der Waals surface area (Å²) in [6, 6.07) is 0.446. The first kappa shape index (κ1) is 13.8. The van der Waals surface area contributed by atoms with Crippen molar-refractivity contribution in [2.75, 3.05) is 19.6 Å². The fourth-order valence-corrected chi connectivity index (χ4v) is 2.28. The molecule has 1 aliphatic heterocycles. The number of amides is 1. The van der Waals surface area contributed by atoms with Gasteiger partial charge in [0.1, 0.15) is 5.38 Å². The first-order chi connectivity index (χ1) is 7.52. The van der Waals surface area contributed by atoms with Gasteiger partial charge < -0.3 is 5.32 Å². The molecule has 4 heteroatoms. The van der Waals surface area contributed by atoms with Crippen LogP contribution in [0.1, 0.15) is 33.6 Å². The maximum Gasteiger partial charge on any atom is 0.237 e. The van der Waals surface area contributed by atoms with Crippen LogP contribution in [0.2, 0.25) is 0 Å². The molecule has 1 amide bonds. The molecule has 0 aromatic carbocycles. The number of hydrogen-bond acceptors (Lipinski definition) is 2. The molecule has 1 saturated heterocycles. The summed E-state index contributed by atoms with van der Waals surface area (Å²) in [7, 11) is 0. The van der Waals surface area contributed by atoms with Gasteiger partial charge in [0.2, 0.25) is 5.91 Å². The van der Waals surface area contributed by atoms with Gasteiger partial charge in [0.15, 0.2) is 0 Å². The maximum absolute atomic E-state index is 11.4. The molecule has 1 heterocycles. The normalized spacial score (nSPS) is 21.1. The zero-order valence-electron chi connectivity index (χ0n) is 10.5. The molecule has 94 valence electrons. The van der Waals surface area contributed by atoms with E-state index in [4.69, 9.17) is 11.6 Å². The van der Waals surface area contributed by atoms with Gasteiger partial charge in [-0.1, -0.05) is 13.8 Å². The average Bonchev–Trinajstić information content (AvgIpc) is 2.70. The first-order valence-corrected chi connectivity index (χ1v) is 6.62. The van der Waals surface area contributed by atoms with E-state index in [1.54, 1.807) is 6.92 Å². The summed E-state index contributed by atoms with van der Waals surface area (Å²) in [6.07, 6.45) is 2.56. The minimum Gasteiger partial charge on any atom is -0.353 e. The van der Waals surface area contributed by atoms with Crippen molar-refractivity contribution >= 4 is 17.5 Å². The second kappa shape index (κ2) is 6.45. The summed E-state index contributed by atoms with van der Waals surface area (Å²) < 4.78 is 0. The van der Waals surface area contributed by atoms with E-state index >= 15 is 0 Å². The third-order valence-electron chi connectivity index (χ3n) is 3.23. The monoisotopic (exact) mass is 246 g/mol. The van der Waals surface area contributed by atoms with Crippen molar-refractivity contribution in [3.8, 4) is 0 Å². The van der Waals surface area contributed by atoms with Crippen LogP contribution in [0.3, 0.4) is 0 Å². The molecule has 1 aliphatic rings. The Balaban J connectivity index is 2.42. The third kappa shape index (κ3) is 3.95. The van der Waals surface area contributed by atoms with Crippen molar-refractivity contribution in [3.05, 3.63) is 0 Å². The number of nitrogens with one attached hydrogen (secondary N) is 1. The maximum atomic E-state index is 11.4. The van der Waals surface area contributed by atoms with Gasteiger partial charge in [-0.05, 0) is 38.8 Å². The molecule has 0 aromatic rings. The minimum atomic E-state index is -0.439. The van der Waals surface area contributed by atoms with E-state index in [0.29, 0.717) is 18.5 Å². The van der Waals surface area contributed by atoms with Gasteiger partial charge in [-0.3, -0.25) is 9.69 Å². The molecule has 2 unspecified atom stereocenters. The van der Waals surface area contributed by atoms with E-state index in [0.717, 1.165) is 13.1 Å². The van der Waals surface area contributed by atoms with Gasteiger partial charge in [0.25, 0.3) is 0 Å². The largest absolute Gasteiger partial charge is 0.353 e. The summed E-state index contributed by atoms with van der Waals surface area (Å²) in [5, 5.41) is 2.49. The van der Waals surface area contributed by atoms with Gasteiger partial charge in [0, 0.05) is 12.6 Å². The second-order valence-corrected chi connectivity index (χ2v) is 5.57. The third-order valence-corrected chi connectivity index (χ3v) is 3.42. The number of carbonyl (C=O) groups excluding carboxylic acids is 1. The number of hydrogen-bond donors (Lipinski definition) is 1. The SMILES string of the molecule is CC(Cl)C(=O)NCC(C(C)C)N1CCCC1. The van der Waals surface area contributed by atoms with Crippen molar-refractivity contribution in [1.82, 2.24) is 10.2 Å². The highest BCUT2D eigenvalue weighted by Gasteiger charge is 2.25. The molecule has 0 aromatic heterocycles. The highest BCUT2D eigenvalue weighted by atomic mass is 35.5. The lowest BCUT2D eigenvalue weighted by Gasteiger charge is -2.31. The molecule has 0 aliphatic carbocycles. The minimum absolute atomic E-state index is 0.0634. The lowest BCUT2D eigenvalue weighted by atomic mass is 10.0. The van der Waals surface area contributed by atoms with Crippen LogP contribution >= 0.6 is 11.6 Å². The Morgan fingerprint density at radius 2 is 1.88 bits per heavy atom. The molecular weight excluding hydrogens is 224 g/mol. The molecule has 1 fully saturated rings. The lowest BCUT2D eigenvalue weighted by molar-refractivity contribution is -0.120. The van der Waals surface area contributed by atoms with Gasteiger partial charge >= 0.3 is 0 Å². The van der Waals surface area contributed by atoms with E-state index in [2.05, 4.69) is 24.1 Å². The highest BCUT2D eigenvalue weighted by Crippen LogP contribution is 2.17. The Labute approximate surface area is 104 Å². The molecule has 1 rings (SSSR count).